The number of carboxylic acid groups (broad SMARTS) is 1. The first-order chi connectivity index (χ1) is 10.3. The molecule has 0 aliphatic carbocycles. The molecule has 116 valence electrons. The molecule has 0 heterocycles. The van der Waals surface area contributed by atoms with Crippen LogP contribution < -0.4 is 4.72 Å². The average molecular weight is 323 g/mol. The van der Waals surface area contributed by atoms with Gasteiger partial charge in [0.25, 0.3) is 0 Å². The molecule has 1 atom stereocenters. The highest BCUT2D eigenvalue weighted by molar-refractivity contribution is 7.89. The summed E-state index contributed by atoms with van der Waals surface area (Å²) in [5.74, 6) is -2.45. The molecule has 2 rings (SSSR count). The Bertz CT molecular complexity index is 788. The average Bonchev–Trinajstić information content (AvgIpc) is 2.48. The summed E-state index contributed by atoms with van der Waals surface area (Å²) in [6, 6.07) is 9.24. The third-order valence-electron chi connectivity index (χ3n) is 2.91. The van der Waals surface area contributed by atoms with Gasteiger partial charge in [-0.15, -0.1) is 0 Å². The minimum Gasteiger partial charge on any atom is -0.504 e. The topological polar surface area (TPSA) is 124 Å². The smallest absolute Gasteiger partial charge is 0.326 e. The van der Waals surface area contributed by atoms with E-state index in [1.54, 1.807) is 18.2 Å². The molecule has 0 unspecified atom stereocenters. The predicted molar refractivity (Wildman–Crippen MR) is 76.9 cm³/mol. The van der Waals surface area contributed by atoms with Crippen molar-refractivity contribution in [1.82, 2.24) is 4.72 Å². The van der Waals surface area contributed by atoms with E-state index in [2.05, 4.69) is 4.72 Å². The Hall–Kier alpha value is -2.58. The standard InChI is InChI=1S/C14H13NO6S/c16-11-7-6-10(8-12(11)17)22(20,21)15-13(14(18)19)9-4-2-1-3-5-9/h1-8,13,15-17H,(H,18,19)/t13-/m0/s1. The van der Waals surface area contributed by atoms with Gasteiger partial charge in [0.05, 0.1) is 4.90 Å². The van der Waals surface area contributed by atoms with E-state index in [4.69, 9.17) is 0 Å². The molecule has 0 fully saturated rings. The normalized spacial score (nSPS) is 12.7. The van der Waals surface area contributed by atoms with Gasteiger partial charge in [-0.05, 0) is 17.7 Å². The Labute approximate surface area is 126 Å². The van der Waals surface area contributed by atoms with Gasteiger partial charge in [-0.1, -0.05) is 30.3 Å². The van der Waals surface area contributed by atoms with Gasteiger partial charge in [0.15, 0.2) is 11.5 Å². The van der Waals surface area contributed by atoms with Gasteiger partial charge in [-0.3, -0.25) is 4.79 Å². The van der Waals surface area contributed by atoms with Crippen LogP contribution in [0.5, 0.6) is 11.5 Å². The fourth-order valence-electron chi connectivity index (χ4n) is 1.80. The fourth-order valence-corrected chi connectivity index (χ4v) is 3.00. The summed E-state index contributed by atoms with van der Waals surface area (Å²) in [6.07, 6.45) is 0. The van der Waals surface area contributed by atoms with E-state index in [1.807, 2.05) is 0 Å². The highest BCUT2D eigenvalue weighted by Crippen LogP contribution is 2.27. The van der Waals surface area contributed by atoms with Crippen molar-refractivity contribution >= 4 is 16.0 Å². The zero-order valence-electron chi connectivity index (χ0n) is 11.2. The second-order valence-electron chi connectivity index (χ2n) is 4.45. The van der Waals surface area contributed by atoms with Crippen molar-refractivity contribution in [3.63, 3.8) is 0 Å². The van der Waals surface area contributed by atoms with Gasteiger partial charge in [-0.25, -0.2) is 8.42 Å². The number of carboxylic acids is 1. The number of aromatic hydroxyl groups is 2. The highest BCUT2D eigenvalue weighted by atomic mass is 32.2. The quantitative estimate of drug-likeness (QED) is 0.613. The number of phenolic OH excluding ortho intramolecular Hbond substituents is 2. The van der Waals surface area contributed by atoms with Crippen LogP contribution in [0.2, 0.25) is 0 Å². The van der Waals surface area contributed by atoms with Crippen LogP contribution in [-0.4, -0.2) is 29.7 Å². The molecular weight excluding hydrogens is 310 g/mol. The molecule has 0 aromatic heterocycles. The van der Waals surface area contributed by atoms with E-state index in [-0.39, 0.29) is 10.5 Å². The summed E-state index contributed by atoms with van der Waals surface area (Å²) in [7, 11) is -4.19. The number of benzene rings is 2. The summed E-state index contributed by atoms with van der Waals surface area (Å²) in [5.41, 5.74) is 0.265. The van der Waals surface area contributed by atoms with Gasteiger partial charge >= 0.3 is 5.97 Å². The molecule has 0 amide bonds. The third kappa shape index (κ3) is 3.35. The summed E-state index contributed by atoms with van der Waals surface area (Å²) in [4.78, 5) is 11.0. The van der Waals surface area contributed by atoms with E-state index in [9.17, 15) is 28.5 Å². The summed E-state index contributed by atoms with van der Waals surface area (Å²) >= 11 is 0. The number of hydrogen-bond donors (Lipinski definition) is 4. The van der Waals surface area contributed by atoms with Crippen LogP contribution >= 0.6 is 0 Å². The number of phenols is 2. The molecule has 0 saturated heterocycles. The van der Waals surface area contributed by atoms with Crippen molar-refractivity contribution in [2.45, 2.75) is 10.9 Å². The lowest BCUT2D eigenvalue weighted by molar-refractivity contribution is -0.139. The molecule has 7 nitrogen and oxygen atoms in total. The van der Waals surface area contributed by atoms with E-state index < -0.39 is 33.5 Å². The molecule has 4 N–H and O–H groups in total. The van der Waals surface area contributed by atoms with Crippen LogP contribution in [0.4, 0.5) is 0 Å². The van der Waals surface area contributed by atoms with Crippen molar-refractivity contribution in [2.24, 2.45) is 0 Å². The van der Waals surface area contributed by atoms with Crippen LogP contribution in [-0.2, 0) is 14.8 Å². The number of hydrogen-bond acceptors (Lipinski definition) is 5. The van der Waals surface area contributed by atoms with Crippen LogP contribution in [0, 0.1) is 0 Å². The number of sulfonamides is 1. The van der Waals surface area contributed by atoms with Gasteiger partial charge in [-0.2, -0.15) is 4.72 Å². The SMILES string of the molecule is O=C(O)[C@@H](NS(=O)(=O)c1ccc(O)c(O)c1)c1ccccc1. The minimum atomic E-state index is -4.19. The molecule has 22 heavy (non-hydrogen) atoms. The summed E-state index contributed by atoms with van der Waals surface area (Å²) in [6.45, 7) is 0. The lowest BCUT2D eigenvalue weighted by Gasteiger charge is -2.15. The zero-order valence-corrected chi connectivity index (χ0v) is 12.0. The molecule has 0 radical (unpaired) electrons. The zero-order chi connectivity index (χ0) is 16.3. The van der Waals surface area contributed by atoms with E-state index in [0.717, 1.165) is 18.2 Å². The number of rotatable bonds is 5. The Kier molecular flexibility index (Phi) is 4.34. The fraction of sp³-hybridized carbons (Fsp3) is 0.0714. The van der Waals surface area contributed by atoms with Crippen LogP contribution in [0.15, 0.2) is 53.4 Å². The Balaban J connectivity index is 2.36. The van der Waals surface area contributed by atoms with Gasteiger partial charge in [0, 0.05) is 6.07 Å². The number of nitrogens with one attached hydrogen (secondary N) is 1. The molecule has 0 aliphatic rings. The summed E-state index contributed by atoms with van der Waals surface area (Å²) in [5, 5.41) is 27.8. The lowest BCUT2D eigenvalue weighted by Crippen LogP contribution is -2.33. The Morgan fingerprint density at radius 3 is 2.18 bits per heavy atom. The lowest BCUT2D eigenvalue weighted by atomic mass is 10.1. The van der Waals surface area contributed by atoms with Crippen LogP contribution in [0.25, 0.3) is 0 Å². The van der Waals surface area contributed by atoms with Gasteiger partial charge in [0.1, 0.15) is 6.04 Å². The second kappa shape index (κ2) is 6.04. The van der Waals surface area contributed by atoms with Crippen molar-refractivity contribution in [3.05, 3.63) is 54.1 Å². The van der Waals surface area contributed by atoms with E-state index in [1.165, 1.54) is 12.1 Å². The molecular formula is C14H13NO6S. The van der Waals surface area contributed by atoms with E-state index in [0.29, 0.717) is 0 Å². The molecule has 2 aromatic rings. The largest absolute Gasteiger partial charge is 0.504 e. The first-order valence-corrected chi connectivity index (χ1v) is 7.61. The van der Waals surface area contributed by atoms with Gasteiger partial charge < -0.3 is 15.3 Å². The maximum atomic E-state index is 12.2. The molecule has 0 spiro atoms. The highest BCUT2D eigenvalue weighted by Gasteiger charge is 2.27. The number of aliphatic carboxylic acids is 1. The van der Waals surface area contributed by atoms with Gasteiger partial charge in [0.2, 0.25) is 10.0 Å². The monoisotopic (exact) mass is 323 g/mol. The molecule has 0 bridgehead atoms. The first kappa shape index (κ1) is 15.8. The van der Waals surface area contributed by atoms with Crippen LogP contribution in [0.3, 0.4) is 0 Å². The molecule has 0 aliphatic heterocycles. The van der Waals surface area contributed by atoms with Crippen molar-refractivity contribution in [3.8, 4) is 11.5 Å². The predicted octanol–water partition coefficient (Wildman–Crippen LogP) is 1.20. The van der Waals surface area contributed by atoms with Crippen molar-refractivity contribution in [2.75, 3.05) is 0 Å². The Morgan fingerprint density at radius 2 is 1.64 bits per heavy atom. The Morgan fingerprint density at radius 1 is 1.00 bits per heavy atom. The minimum absolute atomic E-state index is 0.265. The first-order valence-electron chi connectivity index (χ1n) is 6.13. The summed E-state index contributed by atoms with van der Waals surface area (Å²) < 4.78 is 26.5. The molecule has 2 aromatic carbocycles. The van der Waals surface area contributed by atoms with E-state index >= 15 is 0 Å². The van der Waals surface area contributed by atoms with Crippen molar-refractivity contribution in [1.29, 1.82) is 0 Å². The molecule has 0 saturated carbocycles. The van der Waals surface area contributed by atoms with Crippen molar-refractivity contribution < 1.29 is 28.5 Å². The second-order valence-corrected chi connectivity index (χ2v) is 6.17. The maximum Gasteiger partial charge on any atom is 0.326 e. The molecule has 8 heteroatoms. The maximum absolute atomic E-state index is 12.2. The third-order valence-corrected chi connectivity index (χ3v) is 4.33. The number of carbonyl (C=O) groups is 1. The van der Waals surface area contributed by atoms with Crippen LogP contribution in [0.1, 0.15) is 11.6 Å².